The number of aryl methyl sites for hydroxylation is 1. The average Bonchev–Trinajstić information content (AvgIpc) is 2.47. The highest BCUT2D eigenvalue weighted by molar-refractivity contribution is 5.79. The molecule has 0 unspecified atom stereocenters. The van der Waals surface area contributed by atoms with Gasteiger partial charge in [0.25, 0.3) is 0 Å². The molecule has 2 heterocycles. The van der Waals surface area contributed by atoms with Crippen LogP contribution < -0.4 is 0 Å². The van der Waals surface area contributed by atoms with Crippen molar-refractivity contribution < 1.29 is 1.43 Å². The van der Waals surface area contributed by atoms with E-state index in [1.807, 2.05) is 6.07 Å². The van der Waals surface area contributed by atoms with Crippen LogP contribution in [0.2, 0.25) is 0 Å². The fraction of sp³-hybridized carbons (Fsp3) is 0.250. The molecule has 0 radical (unpaired) electrons. The van der Waals surface area contributed by atoms with Gasteiger partial charge in [0.2, 0.25) is 0 Å². The maximum atomic E-state index is 4.10. The van der Waals surface area contributed by atoms with E-state index in [1.165, 1.54) is 11.1 Å². The molecule has 0 bridgehead atoms. The third-order valence-corrected chi connectivity index (χ3v) is 1.79. The maximum absolute atomic E-state index is 4.10. The number of H-pyrrole nitrogens is 1. The van der Waals surface area contributed by atoms with Crippen LogP contribution in [-0.2, 0) is 6.42 Å². The Labute approximate surface area is 65.9 Å². The third-order valence-electron chi connectivity index (χ3n) is 1.79. The molecule has 2 rings (SSSR count). The molecule has 11 heavy (non-hydrogen) atoms. The summed E-state index contributed by atoms with van der Waals surface area (Å²) in [7, 11) is 0. The van der Waals surface area contributed by atoms with Crippen LogP contribution in [0.25, 0.3) is 10.9 Å². The standard InChI is InChI=1S/C8H9N3.H2/c1-2-7-6-3-4-9-5-8(6)11-10-7;/h3-5H,2H2,1H3,(H,10,11);1H. The zero-order valence-electron chi connectivity index (χ0n) is 6.33. The minimum atomic E-state index is 0. The smallest absolute Gasteiger partial charge is 0.111 e. The number of aromatic nitrogens is 3. The maximum Gasteiger partial charge on any atom is 0.111 e. The average molecular weight is 149 g/mol. The minimum Gasteiger partial charge on any atom is -0.281 e. The van der Waals surface area contributed by atoms with Gasteiger partial charge in [0.1, 0.15) is 5.52 Å². The van der Waals surface area contributed by atoms with Crippen molar-refractivity contribution in [1.29, 1.82) is 0 Å². The van der Waals surface area contributed by atoms with Gasteiger partial charge in [0.15, 0.2) is 0 Å². The molecule has 0 saturated heterocycles. The highest BCUT2D eigenvalue weighted by atomic mass is 15.1. The lowest BCUT2D eigenvalue weighted by Gasteiger charge is -1.88. The Morgan fingerprint density at radius 3 is 3.36 bits per heavy atom. The largest absolute Gasteiger partial charge is 0.281 e. The summed E-state index contributed by atoms with van der Waals surface area (Å²) in [6.07, 6.45) is 4.54. The Bertz CT molecular complexity index is 369. The second-order valence-electron chi connectivity index (χ2n) is 2.45. The van der Waals surface area contributed by atoms with Crippen molar-refractivity contribution in [3.63, 3.8) is 0 Å². The van der Waals surface area contributed by atoms with Crippen LogP contribution in [0.15, 0.2) is 18.5 Å². The Morgan fingerprint density at radius 1 is 1.64 bits per heavy atom. The molecule has 0 atom stereocenters. The molecule has 58 valence electrons. The molecule has 0 amide bonds. The SMILES string of the molecule is CCc1[nH]nc2cnccc12.[HH]. The van der Waals surface area contributed by atoms with Gasteiger partial charge in [0, 0.05) is 18.7 Å². The number of fused-ring (bicyclic) bond motifs is 1. The van der Waals surface area contributed by atoms with Crippen molar-refractivity contribution in [2.24, 2.45) is 0 Å². The molecule has 0 aliphatic carbocycles. The van der Waals surface area contributed by atoms with Crippen LogP contribution >= 0.6 is 0 Å². The summed E-state index contributed by atoms with van der Waals surface area (Å²) in [5, 5.41) is 8.26. The summed E-state index contributed by atoms with van der Waals surface area (Å²) in [6.45, 7) is 2.10. The van der Waals surface area contributed by atoms with Gasteiger partial charge >= 0.3 is 0 Å². The first-order chi connectivity index (χ1) is 5.42. The van der Waals surface area contributed by atoms with Gasteiger partial charge in [-0.2, -0.15) is 5.10 Å². The van der Waals surface area contributed by atoms with Gasteiger partial charge in [-0.25, -0.2) is 0 Å². The van der Waals surface area contributed by atoms with E-state index in [4.69, 9.17) is 0 Å². The number of pyridine rings is 1. The molecule has 3 nitrogen and oxygen atoms in total. The lowest BCUT2D eigenvalue weighted by Crippen LogP contribution is -1.78. The first kappa shape index (κ1) is 6.34. The quantitative estimate of drug-likeness (QED) is 0.671. The summed E-state index contributed by atoms with van der Waals surface area (Å²) in [5.41, 5.74) is 2.13. The lowest BCUT2D eigenvalue weighted by molar-refractivity contribution is 0.988. The van der Waals surface area contributed by atoms with Gasteiger partial charge in [-0.3, -0.25) is 10.1 Å². The summed E-state index contributed by atoms with van der Waals surface area (Å²) in [6, 6.07) is 1.98. The Kier molecular flexibility index (Phi) is 1.35. The molecule has 0 spiro atoms. The Balaban J connectivity index is 0.000000720. The van der Waals surface area contributed by atoms with Gasteiger partial charge < -0.3 is 0 Å². The number of nitrogens with one attached hydrogen (secondary N) is 1. The van der Waals surface area contributed by atoms with Crippen molar-refractivity contribution >= 4 is 10.9 Å². The number of rotatable bonds is 1. The molecular weight excluding hydrogens is 138 g/mol. The molecule has 0 fully saturated rings. The fourth-order valence-corrected chi connectivity index (χ4v) is 1.19. The molecule has 2 aromatic rings. The molecular formula is C8H11N3. The minimum absolute atomic E-state index is 0. The van der Waals surface area contributed by atoms with Gasteiger partial charge in [-0.1, -0.05) is 6.92 Å². The molecule has 0 aliphatic heterocycles. The lowest BCUT2D eigenvalue weighted by atomic mass is 10.2. The molecule has 3 heteroatoms. The van der Waals surface area contributed by atoms with Crippen LogP contribution in [0.1, 0.15) is 14.0 Å². The van der Waals surface area contributed by atoms with Crippen LogP contribution in [0.3, 0.4) is 0 Å². The summed E-state index contributed by atoms with van der Waals surface area (Å²) in [5.74, 6) is 0. The monoisotopic (exact) mass is 149 g/mol. The fourth-order valence-electron chi connectivity index (χ4n) is 1.19. The van der Waals surface area contributed by atoms with Gasteiger partial charge in [-0.05, 0) is 12.5 Å². The van der Waals surface area contributed by atoms with Gasteiger partial charge in [0.05, 0.1) is 6.20 Å². The normalized spacial score (nSPS) is 10.6. The number of nitrogens with zero attached hydrogens (tertiary/aromatic N) is 2. The Morgan fingerprint density at radius 2 is 2.55 bits per heavy atom. The third kappa shape index (κ3) is 0.888. The molecule has 2 aromatic heterocycles. The first-order valence-corrected chi connectivity index (χ1v) is 3.68. The van der Waals surface area contributed by atoms with E-state index in [2.05, 4.69) is 22.1 Å². The topological polar surface area (TPSA) is 41.6 Å². The van der Waals surface area contributed by atoms with Crippen molar-refractivity contribution in [2.45, 2.75) is 13.3 Å². The number of aromatic amines is 1. The zero-order chi connectivity index (χ0) is 7.68. The molecule has 1 N–H and O–H groups in total. The molecule has 0 aromatic carbocycles. The highest BCUT2D eigenvalue weighted by Crippen LogP contribution is 2.13. The van der Waals surface area contributed by atoms with Crippen LogP contribution in [0, 0.1) is 0 Å². The van der Waals surface area contributed by atoms with E-state index in [9.17, 15) is 0 Å². The predicted molar refractivity (Wildman–Crippen MR) is 45.4 cm³/mol. The number of hydrogen-bond acceptors (Lipinski definition) is 2. The van der Waals surface area contributed by atoms with E-state index < -0.39 is 0 Å². The Hall–Kier alpha value is -1.38. The van der Waals surface area contributed by atoms with Crippen LogP contribution in [0.4, 0.5) is 0 Å². The van der Waals surface area contributed by atoms with Crippen molar-refractivity contribution in [2.75, 3.05) is 0 Å². The highest BCUT2D eigenvalue weighted by Gasteiger charge is 2.00. The van der Waals surface area contributed by atoms with E-state index >= 15 is 0 Å². The van der Waals surface area contributed by atoms with E-state index in [1.54, 1.807) is 12.4 Å². The van der Waals surface area contributed by atoms with Gasteiger partial charge in [-0.15, -0.1) is 0 Å². The van der Waals surface area contributed by atoms with E-state index in [-0.39, 0.29) is 1.43 Å². The summed E-state index contributed by atoms with van der Waals surface area (Å²) in [4.78, 5) is 3.98. The van der Waals surface area contributed by atoms with E-state index in [0.29, 0.717) is 0 Å². The second kappa shape index (κ2) is 2.34. The second-order valence-corrected chi connectivity index (χ2v) is 2.45. The molecule has 0 saturated carbocycles. The van der Waals surface area contributed by atoms with E-state index in [0.717, 1.165) is 11.9 Å². The predicted octanol–water partition coefficient (Wildman–Crippen LogP) is 1.77. The van der Waals surface area contributed by atoms with Crippen molar-refractivity contribution in [3.05, 3.63) is 24.2 Å². The van der Waals surface area contributed by atoms with Crippen molar-refractivity contribution in [1.82, 2.24) is 15.2 Å². The number of hydrogen-bond donors (Lipinski definition) is 1. The van der Waals surface area contributed by atoms with Crippen LogP contribution in [-0.4, -0.2) is 15.2 Å². The van der Waals surface area contributed by atoms with Crippen molar-refractivity contribution in [3.8, 4) is 0 Å². The zero-order valence-corrected chi connectivity index (χ0v) is 6.33. The van der Waals surface area contributed by atoms with Crippen LogP contribution in [0.5, 0.6) is 0 Å². The molecule has 0 aliphatic rings. The summed E-state index contributed by atoms with van der Waals surface area (Å²) >= 11 is 0. The first-order valence-electron chi connectivity index (χ1n) is 3.68. The summed E-state index contributed by atoms with van der Waals surface area (Å²) < 4.78 is 0.